The molecular formula is C22H22ClN5O2. The van der Waals surface area contributed by atoms with E-state index in [0.29, 0.717) is 28.4 Å². The van der Waals surface area contributed by atoms with Gasteiger partial charge in [0.2, 0.25) is 5.43 Å². The summed E-state index contributed by atoms with van der Waals surface area (Å²) in [5, 5.41) is 3.62. The number of rotatable bonds is 4. The highest BCUT2D eigenvalue weighted by Crippen LogP contribution is 2.26. The molecule has 3 aromatic heterocycles. The monoisotopic (exact) mass is 423 g/mol. The predicted octanol–water partition coefficient (Wildman–Crippen LogP) is 2.82. The highest BCUT2D eigenvalue weighted by atomic mass is 35.5. The molecule has 1 N–H and O–H groups in total. The maximum Gasteiger partial charge on any atom is 0.259 e. The van der Waals surface area contributed by atoms with E-state index in [0.717, 1.165) is 30.7 Å². The van der Waals surface area contributed by atoms with Gasteiger partial charge >= 0.3 is 0 Å². The van der Waals surface area contributed by atoms with Gasteiger partial charge in [-0.1, -0.05) is 23.7 Å². The first-order chi connectivity index (χ1) is 14.6. The molecule has 1 aliphatic heterocycles. The minimum atomic E-state index is -0.362. The zero-order valence-corrected chi connectivity index (χ0v) is 17.4. The third-order valence-corrected chi connectivity index (χ3v) is 6.11. The fraction of sp³-hybridized carbons (Fsp3) is 0.318. The van der Waals surface area contributed by atoms with Crippen LogP contribution in [0, 0.1) is 0 Å². The molecule has 0 unspecified atom stereocenters. The molecule has 4 aromatic rings. The highest BCUT2D eigenvalue weighted by molar-refractivity contribution is 6.29. The fourth-order valence-electron chi connectivity index (χ4n) is 4.44. The number of para-hydroxylation sites is 2. The molecule has 0 aliphatic carbocycles. The Balaban J connectivity index is 1.70. The van der Waals surface area contributed by atoms with E-state index in [1.54, 1.807) is 12.1 Å². The van der Waals surface area contributed by atoms with Crippen molar-refractivity contribution in [3.05, 3.63) is 57.3 Å². The SMILES string of the molecule is Cn1c2ccccc2n2c3nc(Cl)ccc3c(=O)c(C(=O)NCCN3CCCC3)c12. The molecule has 0 bridgehead atoms. The third-order valence-electron chi connectivity index (χ3n) is 5.90. The number of carbonyl (C=O) groups is 1. The number of imidazole rings is 1. The van der Waals surface area contributed by atoms with Crippen molar-refractivity contribution >= 4 is 45.2 Å². The lowest BCUT2D eigenvalue weighted by Crippen LogP contribution is -2.36. The van der Waals surface area contributed by atoms with Crippen LogP contribution in [0.3, 0.4) is 0 Å². The minimum absolute atomic E-state index is 0.131. The number of halogens is 1. The number of benzene rings is 1. The maximum absolute atomic E-state index is 13.4. The molecule has 1 aromatic carbocycles. The number of likely N-dealkylation sites (tertiary alicyclic amines) is 1. The zero-order chi connectivity index (χ0) is 20.8. The van der Waals surface area contributed by atoms with Crippen LogP contribution < -0.4 is 10.7 Å². The molecule has 1 amide bonds. The van der Waals surface area contributed by atoms with Crippen LogP contribution in [0.15, 0.2) is 41.2 Å². The van der Waals surface area contributed by atoms with Crippen LogP contribution in [0.25, 0.3) is 27.7 Å². The van der Waals surface area contributed by atoms with Crippen LogP contribution in [-0.2, 0) is 7.05 Å². The summed E-state index contributed by atoms with van der Waals surface area (Å²) in [4.78, 5) is 33.3. The van der Waals surface area contributed by atoms with Gasteiger partial charge in [0.05, 0.1) is 16.4 Å². The second-order valence-electron chi connectivity index (χ2n) is 7.72. The number of nitrogens with zero attached hydrogens (tertiary/aromatic N) is 4. The number of carbonyl (C=O) groups excluding carboxylic acids is 1. The Morgan fingerprint density at radius 3 is 2.63 bits per heavy atom. The van der Waals surface area contributed by atoms with Crippen LogP contribution in [0.4, 0.5) is 0 Å². The molecule has 1 aliphatic rings. The van der Waals surface area contributed by atoms with Gasteiger partial charge in [-0.25, -0.2) is 4.98 Å². The van der Waals surface area contributed by atoms with Crippen molar-refractivity contribution in [1.29, 1.82) is 0 Å². The van der Waals surface area contributed by atoms with E-state index >= 15 is 0 Å². The summed E-state index contributed by atoms with van der Waals surface area (Å²) >= 11 is 6.15. The Hall–Kier alpha value is -2.90. The predicted molar refractivity (Wildman–Crippen MR) is 118 cm³/mol. The van der Waals surface area contributed by atoms with Gasteiger partial charge in [-0.05, 0) is 50.2 Å². The van der Waals surface area contributed by atoms with Crippen molar-refractivity contribution < 1.29 is 4.79 Å². The third kappa shape index (κ3) is 2.97. The number of aromatic nitrogens is 3. The smallest absolute Gasteiger partial charge is 0.259 e. The summed E-state index contributed by atoms with van der Waals surface area (Å²) in [5.74, 6) is -0.362. The highest BCUT2D eigenvalue weighted by Gasteiger charge is 2.24. The molecule has 8 heteroatoms. The van der Waals surface area contributed by atoms with E-state index in [2.05, 4.69) is 15.2 Å². The molecule has 4 heterocycles. The van der Waals surface area contributed by atoms with Gasteiger partial charge in [0.15, 0.2) is 5.65 Å². The number of aryl methyl sites for hydroxylation is 1. The van der Waals surface area contributed by atoms with E-state index in [1.165, 1.54) is 12.8 Å². The van der Waals surface area contributed by atoms with Gasteiger partial charge in [-0.2, -0.15) is 0 Å². The van der Waals surface area contributed by atoms with Crippen LogP contribution in [0.2, 0.25) is 5.15 Å². The Kier molecular flexibility index (Phi) is 4.72. The average molecular weight is 424 g/mol. The first-order valence-corrected chi connectivity index (χ1v) is 10.5. The normalized spacial score (nSPS) is 14.9. The second-order valence-corrected chi connectivity index (χ2v) is 8.11. The number of hydrogen-bond donors (Lipinski definition) is 1. The molecule has 5 rings (SSSR count). The topological polar surface area (TPSA) is 71.6 Å². The summed E-state index contributed by atoms with van der Waals surface area (Å²) in [7, 11) is 1.86. The molecule has 1 saturated heterocycles. The van der Waals surface area contributed by atoms with Gasteiger partial charge in [-0.3, -0.25) is 14.0 Å². The zero-order valence-electron chi connectivity index (χ0n) is 16.7. The van der Waals surface area contributed by atoms with Gasteiger partial charge < -0.3 is 14.8 Å². The maximum atomic E-state index is 13.4. The molecule has 0 atom stereocenters. The van der Waals surface area contributed by atoms with Crippen molar-refractivity contribution in [3.8, 4) is 0 Å². The quantitative estimate of drug-likeness (QED) is 0.512. The molecule has 0 radical (unpaired) electrons. The summed E-state index contributed by atoms with van der Waals surface area (Å²) in [6.07, 6.45) is 2.40. The molecule has 30 heavy (non-hydrogen) atoms. The lowest BCUT2D eigenvalue weighted by atomic mass is 10.1. The van der Waals surface area contributed by atoms with Crippen molar-refractivity contribution in [3.63, 3.8) is 0 Å². The van der Waals surface area contributed by atoms with Crippen molar-refractivity contribution in [2.75, 3.05) is 26.2 Å². The van der Waals surface area contributed by atoms with Crippen molar-refractivity contribution in [2.45, 2.75) is 12.8 Å². The number of amides is 1. The van der Waals surface area contributed by atoms with Crippen molar-refractivity contribution in [1.82, 2.24) is 24.2 Å². The number of hydrogen-bond acceptors (Lipinski definition) is 4. The summed E-state index contributed by atoms with van der Waals surface area (Å²) < 4.78 is 3.72. The summed E-state index contributed by atoms with van der Waals surface area (Å²) in [5.41, 5.74) is 2.53. The van der Waals surface area contributed by atoms with Gasteiger partial charge in [-0.15, -0.1) is 0 Å². The van der Waals surface area contributed by atoms with Crippen LogP contribution in [-0.4, -0.2) is 50.9 Å². The minimum Gasteiger partial charge on any atom is -0.351 e. The Morgan fingerprint density at radius 1 is 1.13 bits per heavy atom. The number of pyridine rings is 2. The van der Waals surface area contributed by atoms with Gasteiger partial charge in [0, 0.05) is 20.1 Å². The lowest BCUT2D eigenvalue weighted by molar-refractivity contribution is 0.0950. The Bertz CT molecular complexity index is 1350. The standard InChI is InChI=1S/C22H22ClN5O2/c1-26-15-6-2-3-7-16(15)28-20-14(8-9-17(23)25-20)19(29)18(22(26)28)21(30)24-10-13-27-11-4-5-12-27/h2-3,6-9H,4-5,10-13H2,1H3,(H,24,30). The van der Waals surface area contributed by atoms with E-state index in [4.69, 9.17) is 11.6 Å². The molecular weight excluding hydrogens is 402 g/mol. The average Bonchev–Trinajstić information content (AvgIpc) is 3.35. The molecule has 1 fully saturated rings. The van der Waals surface area contributed by atoms with E-state index in [1.807, 2.05) is 40.3 Å². The van der Waals surface area contributed by atoms with Gasteiger partial charge in [0.1, 0.15) is 16.4 Å². The van der Waals surface area contributed by atoms with E-state index in [9.17, 15) is 9.59 Å². The first kappa shape index (κ1) is 19.1. The van der Waals surface area contributed by atoms with E-state index in [-0.39, 0.29) is 16.9 Å². The van der Waals surface area contributed by atoms with Crippen molar-refractivity contribution in [2.24, 2.45) is 7.05 Å². The first-order valence-electron chi connectivity index (χ1n) is 10.1. The molecule has 7 nitrogen and oxygen atoms in total. The van der Waals surface area contributed by atoms with Crippen LogP contribution >= 0.6 is 11.6 Å². The Morgan fingerprint density at radius 2 is 1.87 bits per heavy atom. The second kappa shape index (κ2) is 7.41. The Labute approximate surface area is 177 Å². The van der Waals surface area contributed by atoms with E-state index < -0.39 is 0 Å². The largest absolute Gasteiger partial charge is 0.351 e. The molecule has 0 spiro atoms. The summed E-state index contributed by atoms with van der Waals surface area (Å²) in [6, 6.07) is 11.0. The number of fused-ring (bicyclic) bond motifs is 5. The van der Waals surface area contributed by atoms with Gasteiger partial charge in [0.25, 0.3) is 5.91 Å². The van der Waals surface area contributed by atoms with Crippen LogP contribution in [0.5, 0.6) is 0 Å². The molecule has 0 saturated carbocycles. The number of nitrogens with one attached hydrogen (secondary N) is 1. The summed E-state index contributed by atoms with van der Waals surface area (Å²) in [6.45, 7) is 3.42. The fourth-order valence-corrected chi connectivity index (χ4v) is 4.59. The van der Waals surface area contributed by atoms with Crippen LogP contribution in [0.1, 0.15) is 23.2 Å². The molecule has 154 valence electrons. The lowest BCUT2D eigenvalue weighted by Gasteiger charge is -2.15.